The second kappa shape index (κ2) is 11.7. The van der Waals surface area contributed by atoms with Crippen molar-refractivity contribution >= 4 is 45.9 Å². The van der Waals surface area contributed by atoms with Gasteiger partial charge in [0.1, 0.15) is 5.75 Å². The first-order valence-electron chi connectivity index (χ1n) is 10.7. The summed E-state index contributed by atoms with van der Waals surface area (Å²) in [6.07, 6.45) is 7.86. The topological polar surface area (TPSA) is 125 Å². The number of aliphatic hydroxyl groups is 1. The zero-order valence-corrected chi connectivity index (χ0v) is 21.2. The molecule has 2 amide bonds. The van der Waals surface area contributed by atoms with Gasteiger partial charge in [0.2, 0.25) is 22.3 Å². The average Bonchev–Trinajstić information content (AvgIpc) is 2.82. The fourth-order valence-electron chi connectivity index (χ4n) is 3.20. The number of hydrogen-bond acceptors (Lipinski definition) is 6. The number of rotatable bonds is 11. The van der Waals surface area contributed by atoms with E-state index < -0.39 is 15.4 Å². The van der Waals surface area contributed by atoms with E-state index in [0.29, 0.717) is 34.7 Å². The van der Waals surface area contributed by atoms with Gasteiger partial charge in [0.15, 0.2) is 0 Å². The molecule has 9 nitrogen and oxygen atoms in total. The molecular formula is C25H31N3O6S. The van der Waals surface area contributed by atoms with Crippen molar-refractivity contribution in [1.29, 1.82) is 0 Å². The molecule has 2 aromatic rings. The molecule has 0 aliphatic carbocycles. The van der Waals surface area contributed by atoms with Crippen molar-refractivity contribution in [3.63, 3.8) is 0 Å². The molecule has 0 aromatic heterocycles. The lowest BCUT2D eigenvalue weighted by Crippen LogP contribution is -2.24. The van der Waals surface area contributed by atoms with Gasteiger partial charge in [-0.3, -0.25) is 19.2 Å². The molecule has 188 valence electrons. The number of carbonyl (C=O) groups excluding carboxylic acids is 2. The normalized spacial score (nSPS) is 12.1. The highest BCUT2D eigenvalue weighted by molar-refractivity contribution is 7.92. The van der Waals surface area contributed by atoms with Gasteiger partial charge in [0.25, 0.3) is 0 Å². The summed E-state index contributed by atoms with van der Waals surface area (Å²) in [4.78, 5) is 24.7. The standard InChI is InChI=1S/C25H31N3O6S/c1-25(2,16-29)22-15-21(28(17-30)13-12-23(31)26-3)14-19(24(22)34-4)9-6-18-7-10-20(11-8-18)27-35(5,32)33/h6-15,17,27,29H,16H2,1-5H3,(H,26,31)/b9-6+,13-12-. The van der Waals surface area contributed by atoms with Gasteiger partial charge in [-0.15, -0.1) is 0 Å². The molecule has 0 aliphatic heterocycles. The number of nitrogens with zero attached hydrogens (tertiary/aromatic N) is 1. The molecule has 2 rings (SSSR count). The summed E-state index contributed by atoms with van der Waals surface area (Å²) in [5, 5.41) is 12.4. The molecule has 0 aliphatic rings. The van der Waals surface area contributed by atoms with Crippen LogP contribution in [-0.4, -0.2) is 52.9 Å². The molecule has 0 heterocycles. The summed E-state index contributed by atoms with van der Waals surface area (Å²) in [7, 11) is -0.360. The fourth-order valence-corrected chi connectivity index (χ4v) is 3.76. The third-order valence-corrected chi connectivity index (χ3v) is 5.75. The summed E-state index contributed by atoms with van der Waals surface area (Å²) < 4.78 is 30.9. The Morgan fingerprint density at radius 2 is 1.83 bits per heavy atom. The van der Waals surface area contributed by atoms with Gasteiger partial charge < -0.3 is 15.2 Å². The van der Waals surface area contributed by atoms with E-state index in [0.717, 1.165) is 11.8 Å². The van der Waals surface area contributed by atoms with Crippen molar-refractivity contribution < 1.29 is 27.9 Å². The lowest BCUT2D eigenvalue weighted by molar-refractivity contribution is -0.116. The molecule has 0 spiro atoms. The highest BCUT2D eigenvalue weighted by Gasteiger charge is 2.26. The van der Waals surface area contributed by atoms with Crippen LogP contribution in [0.25, 0.3) is 12.2 Å². The summed E-state index contributed by atoms with van der Waals surface area (Å²) in [5.41, 5.74) is 2.34. The van der Waals surface area contributed by atoms with Crippen LogP contribution < -0.4 is 19.7 Å². The van der Waals surface area contributed by atoms with Crippen LogP contribution >= 0.6 is 0 Å². The predicted molar refractivity (Wildman–Crippen MR) is 139 cm³/mol. The largest absolute Gasteiger partial charge is 0.496 e. The maximum Gasteiger partial charge on any atom is 0.245 e. The van der Waals surface area contributed by atoms with Crippen molar-refractivity contribution in [1.82, 2.24) is 5.32 Å². The van der Waals surface area contributed by atoms with Crippen LogP contribution in [0, 0.1) is 0 Å². The Morgan fingerprint density at radius 1 is 1.17 bits per heavy atom. The van der Waals surface area contributed by atoms with E-state index in [1.165, 1.54) is 31.3 Å². The number of hydrogen-bond donors (Lipinski definition) is 3. The van der Waals surface area contributed by atoms with Crippen LogP contribution in [0.1, 0.15) is 30.5 Å². The van der Waals surface area contributed by atoms with Gasteiger partial charge in [0.05, 0.1) is 20.0 Å². The van der Waals surface area contributed by atoms with Crippen LogP contribution in [0.5, 0.6) is 5.75 Å². The highest BCUT2D eigenvalue weighted by Crippen LogP contribution is 2.38. The first kappa shape index (κ1) is 27.6. The number of anilines is 2. The number of sulfonamides is 1. The third kappa shape index (κ3) is 7.69. The Morgan fingerprint density at radius 3 is 2.34 bits per heavy atom. The van der Waals surface area contributed by atoms with Gasteiger partial charge in [-0.05, 0) is 29.8 Å². The number of benzene rings is 2. The zero-order valence-electron chi connectivity index (χ0n) is 20.4. The number of likely N-dealkylation sites (N-methyl/N-ethyl adjacent to an activating group) is 1. The second-order valence-electron chi connectivity index (χ2n) is 8.43. The Balaban J connectivity index is 2.57. The van der Waals surface area contributed by atoms with E-state index in [2.05, 4.69) is 10.0 Å². The van der Waals surface area contributed by atoms with Gasteiger partial charge in [0, 0.05) is 47.2 Å². The predicted octanol–water partition coefficient (Wildman–Crippen LogP) is 2.73. The number of carbonyl (C=O) groups is 2. The Kier molecular flexibility index (Phi) is 9.21. The summed E-state index contributed by atoms with van der Waals surface area (Å²) in [6, 6.07) is 10.3. The minimum Gasteiger partial charge on any atom is -0.496 e. The van der Waals surface area contributed by atoms with Crippen LogP contribution in [0.4, 0.5) is 11.4 Å². The number of methoxy groups -OCH3 is 1. The first-order valence-corrected chi connectivity index (χ1v) is 12.6. The molecule has 0 saturated carbocycles. The van der Waals surface area contributed by atoms with Crippen LogP contribution in [0.3, 0.4) is 0 Å². The minimum absolute atomic E-state index is 0.167. The number of amides is 2. The molecule has 0 atom stereocenters. The minimum atomic E-state index is -3.37. The summed E-state index contributed by atoms with van der Waals surface area (Å²) >= 11 is 0. The molecule has 0 bridgehead atoms. The van der Waals surface area contributed by atoms with E-state index in [-0.39, 0.29) is 12.5 Å². The molecule has 2 aromatic carbocycles. The number of aliphatic hydroxyl groups excluding tert-OH is 1. The SMILES string of the molecule is CNC(=O)/C=C\N(C=O)c1cc(/C=C/c2ccc(NS(C)(=O)=O)cc2)c(OC)c(C(C)(C)CO)c1. The van der Waals surface area contributed by atoms with Crippen molar-refractivity contribution in [2.75, 3.05) is 36.6 Å². The Labute approximate surface area is 206 Å². The number of nitrogens with one attached hydrogen (secondary N) is 2. The van der Waals surface area contributed by atoms with Crippen molar-refractivity contribution in [2.24, 2.45) is 0 Å². The fraction of sp³-hybridized carbons (Fsp3) is 0.280. The molecule has 0 saturated heterocycles. The maximum absolute atomic E-state index is 11.8. The molecule has 0 unspecified atom stereocenters. The highest BCUT2D eigenvalue weighted by atomic mass is 32.2. The third-order valence-electron chi connectivity index (χ3n) is 5.14. The molecular weight excluding hydrogens is 470 g/mol. The van der Waals surface area contributed by atoms with Crippen molar-refractivity contribution in [3.05, 3.63) is 65.4 Å². The Bertz CT molecular complexity index is 1220. The molecule has 0 radical (unpaired) electrons. The van der Waals surface area contributed by atoms with Gasteiger partial charge in [-0.25, -0.2) is 8.42 Å². The first-order chi connectivity index (χ1) is 16.4. The van der Waals surface area contributed by atoms with E-state index in [1.807, 2.05) is 19.9 Å². The van der Waals surface area contributed by atoms with E-state index in [9.17, 15) is 23.1 Å². The molecule has 10 heteroatoms. The molecule has 0 fully saturated rings. The van der Waals surface area contributed by atoms with Gasteiger partial charge in [-0.2, -0.15) is 0 Å². The molecule has 3 N–H and O–H groups in total. The quantitative estimate of drug-likeness (QED) is 0.247. The Hall–Kier alpha value is -3.63. The van der Waals surface area contributed by atoms with Crippen molar-refractivity contribution in [3.8, 4) is 5.75 Å². The smallest absolute Gasteiger partial charge is 0.245 e. The summed E-state index contributed by atoms with van der Waals surface area (Å²) in [6.45, 7) is 3.53. The van der Waals surface area contributed by atoms with Crippen molar-refractivity contribution in [2.45, 2.75) is 19.3 Å². The monoisotopic (exact) mass is 501 g/mol. The van der Waals surface area contributed by atoms with E-state index >= 15 is 0 Å². The number of ether oxygens (including phenoxy) is 1. The average molecular weight is 502 g/mol. The van der Waals surface area contributed by atoms with Crippen LogP contribution in [-0.2, 0) is 25.0 Å². The summed E-state index contributed by atoms with van der Waals surface area (Å²) in [5.74, 6) is 0.163. The van der Waals surface area contributed by atoms with Gasteiger partial charge in [-0.1, -0.05) is 38.1 Å². The van der Waals surface area contributed by atoms with Crippen LogP contribution in [0.15, 0.2) is 48.7 Å². The van der Waals surface area contributed by atoms with Crippen LogP contribution in [0.2, 0.25) is 0 Å². The van der Waals surface area contributed by atoms with Gasteiger partial charge >= 0.3 is 0 Å². The van der Waals surface area contributed by atoms with E-state index in [4.69, 9.17) is 4.74 Å². The lowest BCUT2D eigenvalue weighted by atomic mass is 9.83. The van der Waals surface area contributed by atoms with E-state index in [1.54, 1.807) is 42.5 Å². The second-order valence-corrected chi connectivity index (χ2v) is 10.2. The maximum atomic E-state index is 11.8. The zero-order chi connectivity index (χ0) is 26.2. The molecule has 35 heavy (non-hydrogen) atoms. The lowest BCUT2D eigenvalue weighted by Gasteiger charge is -2.27.